The zero-order valence-corrected chi connectivity index (χ0v) is 13.3. The summed E-state index contributed by atoms with van der Waals surface area (Å²) in [5.41, 5.74) is 0.528. The Morgan fingerprint density at radius 2 is 1.91 bits per heavy atom. The van der Waals surface area contributed by atoms with Crippen molar-refractivity contribution in [2.75, 3.05) is 6.54 Å². The van der Waals surface area contributed by atoms with E-state index in [4.69, 9.17) is 4.74 Å². The SMILES string of the molecule is CC(C)(C)OC(=O)N1C[C@H](Cc2ccccc2)CC1C(=O)O. The fourth-order valence-electron chi connectivity index (χ4n) is 2.77. The van der Waals surface area contributed by atoms with Gasteiger partial charge in [-0.3, -0.25) is 4.90 Å². The number of hydrogen-bond donors (Lipinski definition) is 1. The number of amides is 1. The van der Waals surface area contributed by atoms with Crippen molar-refractivity contribution in [1.29, 1.82) is 0 Å². The van der Waals surface area contributed by atoms with Crippen LogP contribution in [0.25, 0.3) is 0 Å². The van der Waals surface area contributed by atoms with Crippen LogP contribution in [0.3, 0.4) is 0 Å². The highest BCUT2D eigenvalue weighted by atomic mass is 16.6. The fourth-order valence-corrected chi connectivity index (χ4v) is 2.77. The number of carboxylic acids is 1. The molecule has 0 bridgehead atoms. The molecule has 1 N–H and O–H groups in total. The molecule has 2 rings (SSSR count). The van der Waals surface area contributed by atoms with Gasteiger partial charge >= 0.3 is 12.1 Å². The summed E-state index contributed by atoms with van der Waals surface area (Å²) < 4.78 is 5.32. The number of hydrogen-bond acceptors (Lipinski definition) is 3. The van der Waals surface area contributed by atoms with Crippen LogP contribution in [0.2, 0.25) is 0 Å². The summed E-state index contributed by atoms with van der Waals surface area (Å²) in [4.78, 5) is 25.0. The quantitative estimate of drug-likeness (QED) is 0.932. The number of nitrogens with zero attached hydrogens (tertiary/aromatic N) is 1. The van der Waals surface area contributed by atoms with E-state index < -0.39 is 23.7 Å². The van der Waals surface area contributed by atoms with Crippen molar-refractivity contribution in [3.8, 4) is 0 Å². The Kier molecular flexibility index (Phi) is 4.74. The number of aliphatic carboxylic acids is 1. The van der Waals surface area contributed by atoms with Crippen LogP contribution in [0.4, 0.5) is 4.79 Å². The third-order valence-electron chi connectivity index (χ3n) is 3.67. The van der Waals surface area contributed by atoms with Crippen molar-refractivity contribution in [3.63, 3.8) is 0 Å². The molecule has 0 aliphatic carbocycles. The number of carbonyl (C=O) groups is 2. The van der Waals surface area contributed by atoms with Crippen LogP contribution in [-0.2, 0) is 16.0 Å². The first-order chi connectivity index (χ1) is 10.3. The second-order valence-electron chi connectivity index (χ2n) is 6.78. The predicted molar refractivity (Wildman–Crippen MR) is 82.6 cm³/mol. The number of carboxylic acid groups (broad SMARTS) is 1. The van der Waals surface area contributed by atoms with Gasteiger partial charge in [-0.15, -0.1) is 0 Å². The maximum atomic E-state index is 12.2. The molecule has 120 valence electrons. The Balaban J connectivity index is 2.06. The Morgan fingerprint density at radius 3 is 2.45 bits per heavy atom. The fraction of sp³-hybridized carbons (Fsp3) is 0.529. The minimum Gasteiger partial charge on any atom is -0.480 e. The average molecular weight is 305 g/mol. The minimum atomic E-state index is -0.971. The van der Waals surface area contributed by atoms with Crippen molar-refractivity contribution in [2.24, 2.45) is 5.92 Å². The Labute approximate surface area is 130 Å². The van der Waals surface area contributed by atoms with Gasteiger partial charge in [-0.25, -0.2) is 9.59 Å². The van der Waals surface area contributed by atoms with E-state index in [-0.39, 0.29) is 5.92 Å². The van der Waals surface area contributed by atoms with Crippen LogP contribution in [0.5, 0.6) is 0 Å². The third kappa shape index (κ3) is 4.23. The van der Waals surface area contributed by atoms with E-state index in [0.717, 1.165) is 12.0 Å². The summed E-state index contributed by atoms with van der Waals surface area (Å²) in [6.45, 7) is 5.75. The van der Waals surface area contributed by atoms with Crippen molar-refractivity contribution in [3.05, 3.63) is 35.9 Å². The summed E-state index contributed by atoms with van der Waals surface area (Å²) in [6, 6.07) is 9.11. The molecule has 0 saturated carbocycles. The van der Waals surface area contributed by atoms with E-state index in [1.54, 1.807) is 20.8 Å². The monoisotopic (exact) mass is 305 g/mol. The molecule has 1 fully saturated rings. The van der Waals surface area contributed by atoms with Crippen molar-refractivity contribution < 1.29 is 19.4 Å². The maximum Gasteiger partial charge on any atom is 0.411 e. The first kappa shape index (κ1) is 16.3. The van der Waals surface area contributed by atoms with Gasteiger partial charge in [0.25, 0.3) is 0 Å². The molecule has 1 aliphatic heterocycles. The summed E-state index contributed by atoms with van der Waals surface area (Å²) in [7, 11) is 0. The summed E-state index contributed by atoms with van der Waals surface area (Å²) in [6.07, 6.45) is 0.684. The van der Waals surface area contributed by atoms with Crippen LogP contribution in [0.1, 0.15) is 32.8 Å². The van der Waals surface area contributed by atoms with Gasteiger partial charge in [0.1, 0.15) is 11.6 Å². The smallest absolute Gasteiger partial charge is 0.411 e. The summed E-state index contributed by atoms with van der Waals surface area (Å²) in [5, 5.41) is 9.37. The number of rotatable bonds is 3. The highest BCUT2D eigenvalue weighted by Crippen LogP contribution is 2.28. The van der Waals surface area contributed by atoms with Gasteiger partial charge in [0.15, 0.2) is 0 Å². The molecular weight excluding hydrogens is 282 g/mol. The third-order valence-corrected chi connectivity index (χ3v) is 3.67. The molecule has 1 unspecified atom stereocenters. The number of carbonyl (C=O) groups excluding carboxylic acids is 1. The van der Waals surface area contributed by atoms with E-state index in [2.05, 4.69) is 0 Å². The molecule has 5 heteroatoms. The summed E-state index contributed by atoms with van der Waals surface area (Å²) in [5.74, 6) is -0.836. The lowest BCUT2D eigenvalue weighted by Crippen LogP contribution is -2.43. The van der Waals surface area contributed by atoms with E-state index in [0.29, 0.717) is 13.0 Å². The summed E-state index contributed by atoms with van der Waals surface area (Å²) >= 11 is 0. The Hall–Kier alpha value is -2.04. The van der Waals surface area contributed by atoms with Gasteiger partial charge in [0.05, 0.1) is 0 Å². The van der Waals surface area contributed by atoms with Gasteiger partial charge in [0.2, 0.25) is 0 Å². The number of likely N-dealkylation sites (tertiary alicyclic amines) is 1. The van der Waals surface area contributed by atoms with Crippen LogP contribution < -0.4 is 0 Å². The van der Waals surface area contributed by atoms with Crippen LogP contribution in [-0.4, -0.2) is 40.3 Å². The van der Waals surface area contributed by atoms with E-state index >= 15 is 0 Å². The molecular formula is C17H23NO4. The second kappa shape index (κ2) is 6.38. The highest BCUT2D eigenvalue weighted by Gasteiger charge is 2.41. The molecule has 1 amide bonds. The minimum absolute atomic E-state index is 0.135. The van der Waals surface area contributed by atoms with Crippen molar-refractivity contribution in [2.45, 2.75) is 45.3 Å². The largest absolute Gasteiger partial charge is 0.480 e. The normalized spacial score (nSPS) is 21.7. The number of ether oxygens (including phenoxy) is 1. The van der Waals surface area contributed by atoms with Gasteiger partial charge in [0, 0.05) is 6.54 Å². The van der Waals surface area contributed by atoms with Crippen LogP contribution >= 0.6 is 0 Å². The number of benzene rings is 1. The molecule has 1 aliphatic rings. The highest BCUT2D eigenvalue weighted by molar-refractivity contribution is 5.81. The van der Waals surface area contributed by atoms with Gasteiger partial charge in [-0.1, -0.05) is 30.3 Å². The molecule has 22 heavy (non-hydrogen) atoms. The van der Waals surface area contributed by atoms with E-state index in [1.165, 1.54) is 4.90 Å². The molecule has 1 saturated heterocycles. The van der Waals surface area contributed by atoms with Gasteiger partial charge < -0.3 is 9.84 Å². The van der Waals surface area contributed by atoms with Crippen molar-refractivity contribution in [1.82, 2.24) is 4.90 Å². The van der Waals surface area contributed by atoms with Crippen molar-refractivity contribution >= 4 is 12.1 Å². The Morgan fingerprint density at radius 1 is 1.27 bits per heavy atom. The van der Waals surface area contributed by atoms with Gasteiger partial charge in [-0.2, -0.15) is 0 Å². The maximum absolute atomic E-state index is 12.2. The lowest BCUT2D eigenvalue weighted by Gasteiger charge is -2.26. The van der Waals surface area contributed by atoms with Crippen LogP contribution in [0, 0.1) is 5.92 Å². The molecule has 5 nitrogen and oxygen atoms in total. The average Bonchev–Trinajstić information content (AvgIpc) is 2.82. The zero-order valence-electron chi connectivity index (χ0n) is 13.3. The molecule has 1 aromatic rings. The standard InChI is InChI=1S/C17H23NO4/c1-17(2,3)22-16(21)18-11-13(10-14(18)15(19)20)9-12-7-5-4-6-8-12/h4-8,13-14H,9-11H2,1-3H3,(H,19,20)/t13-,14?/m1/s1. The molecule has 1 aromatic carbocycles. The van der Waals surface area contributed by atoms with E-state index in [1.807, 2.05) is 30.3 Å². The predicted octanol–water partition coefficient (Wildman–Crippen LogP) is 2.94. The van der Waals surface area contributed by atoms with Gasteiger partial charge in [-0.05, 0) is 45.1 Å². The molecule has 0 radical (unpaired) electrons. The molecule has 2 atom stereocenters. The lowest BCUT2D eigenvalue weighted by atomic mass is 9.97. The zero-order chi connectivity index (χ0) is 16.3. The van der Waals surface area contributed by atoms with Crippen LogP contribution in [0.15, 0.2) is 30.3 Å². The second-order valence-corrected chi connectivity index (χ2v) is 6.78. The molecule has 0 aromatic heterocycles. The first-order valence-electron chi connectivity index (χ1n) is 7.52. The topological polar surface area (TPSA) is 66.8 Å². The first-order valence-corrected chi connectivity index (χ1v) is 7.52. The Bertz CT molecular complexity index is 535. The molecule has 0 spiro atoms. The van der Waals surface area contributed by atoms with E-state index in [9.17, 15) is 14.7 Å². The molecule has 1 heterocycles. The lowest BCUT2D eigenvalue weighted by molar-refractivity contribution is -0.142.